The molecule has 4 N–H and O–H groups in total. The minimum absolute atomic E-state index is 0.0601. The minimum Gasteiger partial charge on any atom is -0.389 e. The van der Waals surface area contributed by atoms with Crippen LogP contribution in [0.4, 0.5) is 10.1 Å². The number of sulfonamides is 1. The van der Waals surface area contributed by atoms with E-state index in [0.29, 0.717) is 12.8 Å². The number of aliphatic hydroxyl groups is 1. The number of nitrogens with two attached hydrogens (primary N) is 1. The summed E-state index contributed by atoms with van der Waals surface area (Å²) in [6.07, 6.45) is 2.74. The average molecular weight is 420 g/mol. The minimum atomic E-state index is -4.09. The van der Waals surface area contributed by atoms with E-state index in [-0.39, 0.29) is 33.8 Å². The van der Waals surface area contributed by atoms with Crippen LogP contribution in [-0.4, -0.2) is 30.1 Å². The van der Waals surface area contributed by atoms with E-state index in [9.17, 15) is 22.7 Å². The van der Waals surface area contributed by atoms with E-state index < -0.39 is 27.9 Å². The molecule has 2 rings (SSSR count). The van der Waals surface area contributed by atoms with Gasteiger partial charge in [0.1, 0.15) is 22.5 Å². The molecule has 1 aromatic carbocycles. The lowest BCUT2D eigenvalue weighted by Gasteiger charge is -2.11. The molecule has 10 heteroatoms. The van der Waals surface area contributed by atoms with Crippen molar-refractivity contribution in [2.45, 2.75) is 30.3 Å². The second-order valence-corrected chi connectivity index (χ2v) is 7.96. The fourth-order valence-corrected chi connectivity index (χ4v) is 3.76. The third-order valence-electron chi connectivity index (χ3n) is 4.31. The van der Waals surface area contributed by atoms with Crippen molar-refractivity contribution in [3.05, 3.63) is 59.7 Å². The Labute approximate surface area is 168 Å². The summed E-state index contributed by atoms with van der Waals surface area (Å²) < 4.78 is 38.7. The molecule has 0 bridgehead atoms. The molecule has 0 fully saturated rings. The Morgan fingerprint density at radius 3 is 2.79 bits per heavy atom. The number of rotatable bonds is 8. The molecule has 0 unspecified atom stereocenters. The zero-order valence-electron chi connectivity index (χ0n) is 15.7. The van der Waals surface area contributed by atoms with E-state index in [4.69, 9.17) is 10.4 Å². The van der Waals surface area contributed by atoms with Gasteiger partial charge in [-0.2, -0.15) is 5.26 Å². The number of aryl methyl sites for hydroxylation is 1. The highest BCUT2D eigenvalue weighted by Crippen LogP contribution is 2.25. The van der Waals surface area contributed by atoms with Crippen molar-refractivity contribution in [3.8, 4) is 6.07 Å². The number of carbonyl (C=O) groups is 1. The molecule has 1 heterocycles. The van der Waals surface area contributed by atoms with Gasteiger partial charge in [0, 0.05) is 24.5 Å². The molecule has 154 valence electrons. The van der Waals surface area contributed by atoms with Gasteiger partial charge in [0.25, 0.3) is 5.91 Å². The number of carbonyl (C=O) groups excluding carboxylic acids is 1. The molecule has 0 aliphatic carbocycles. The molecule has 29 heavy (non-hydrogen) atoms. The first-order valence-electron chi connectivity index (χ1n) is 8.61. The van der Waals surface area contributed by atoms with Gasteiger partial charge < -0.3 is 15.0 Å². The summed E-state index contributed by atoms with van der Waals surface area (Å²) in [6, 6.07) is 5.20. The number of primary sulfonamides is 1. The molecule has 0 aliphatic rings. The fourth-order valence-electron chi connectivity index (χ4n) is 2.92. The normalized spacial score (nSPS) is 12.2. The zero-order valence-corrected chi connectivity index (χ0v) is 16.5. The van der Waals surface area contributed by atoms with E-state index in [1.807, 2.05) is 0 Å². The van der Waals surface area contributed by atoms with Gasteiger partial charge in [-0.05, 0) is 37.5 Å². The number of halogens is 1. The maximum Gasteiger partial charge on any atom is 0.272 e. The summed E-state index contributed by atoms with van der Waals surface area (Å²) in [5, 5.41) is 26.4. The fraction of sp³-hybridized carbons (Fsp3) is 0.263. The number of anilines is 1. The van der Waals surface area contributed by atoms with Crippen LogP contribution >= 0.6 is 0 Å². The number of benzene rings is 1. The topological polar surface area (TPSA) is 138 Å². The van der Waals surface area contributed by atoms with Crippen LogP contribution in [0.2, 0.25) is 0 Å². The van der Waals surface area contributed by atoms with Crippen molar-refractivity contribution in [1.82, 2.24) is 4.57 Å². The van der Waals surface area contributed by atoms with E-state index in [1.54, 1.807) is 6.07 Å². The Morgan fingerprint density at radius 1 is 1.52 bits per heavy atom. The number of aliphatic hydroxyl groups excluding tert-OH is 1. The van der Waals surface area contributed by atoms with Gasteiger partial charge in [-0.1, -0.05) is 6.08 Å². The molecule has 1 aromatic heterocycles. The van der Waals surface area contributed by atoms with Crippen LogP contribution in [0.15, 0.2) is 41.9 Å². The highest BCUT2D eigenvalue weighted by Gasteiger charge is 2.26. The third kappa shape index (κ3) is 5.29. The number of nitriles is 1. The van der Waals surface area contributed by atoms with Crippen molar-refractivity contribution in [2.24, 2.45) is 12.2 Å². The number of hydrogen-bond donors (Lipinski definition) is 3. The Bertz CT molecular complexity index is 1090. The summed E-state index contributed by atoms with van der Waals surface area (Å²) >= 11 is 0. The van der Waals surface area contributed by atoms with Gasteiger partial charge in [-0.25, -0.2) is 17.9 Å². The van der Waals surface area contributed by atoms with E-state index in [2.05, 4.69) is 11.9 Å². The SMILES string of the molecule is C=C[C@@H](O)CCCc1c(S(N)(=O)=O)cn(C)c1C(=O)Nc1ccc(F)c(C#N)c1. The maximum absolute atomic E-state index is 13.5. The predicted octanol–water partition coefficient (Wildman–Crippen LogP) is 1.81. The molecule has 8 nitrogen and oxygen atoms in total. The summed E-state index contributed by atoms with van der Waals surface area (Å²) in [6.45, 7) is 3.48. The van der Waals surface area contributed by atoms with Gasteiger partial charge in [0.2, 0.25) is 10.0 Å². The lowest BCUT2D eigenvalue weighted by Crippen LogP contribution is -2.19. The summed E-state index contributed by atoms with van der Waals surface area (Å²) in [4.78, 5) is 12.6. The first-order valence-corrected chi connectivity index (χ1v) is 10.2. The summed E-state index contributed by atoms with van der Waals surface area (Å²) in [5.74, 6) is -1.36. The number of nitrogens with one attached hydrogen (secondary N) is 1. The van der Waals surface area contributed by atoms with Crippen LogP contribution in [-0.2, 0) is 23.5 Å². The monoisotopic (exact) mass is 420 g/mol. The van der Waals surface area contributed by atoms with Crippen molar-refractivity contribution in [2.75, 3.05) is 5.32 Å². The van der Waals surface area contributed by atoms with Gasteiger partial charge in [0.05, 0.1) is 11.7 Å². The van der Waals surface area contributed by atoms with Crippen molar-refractivity contribution in [1.29, 1.82) is 5.26 Å². The largest absolute Gasteiger partial charge is 0.389 e. The first-order chi connectivity index (χ1) is 13.6. The third-order valence-corrected chi connectivity index (χ3v) is 5.28. The highest BCUT2D eigenvalue weighted by molar-refractivity contribution is 7.89. The van der Waals surface area contributed by atoms with Crippen LogP contribution in [0.1, 0.15) is 34.5 Å². The Morgan fingerprint density at radius 2 is 2.21 bits per heavy atom. The molecule has 1 amide bonds. The van der Waals surface area contributed by atoms with Gasteiger partial charge >= 0.3 is 0 Å². The van der Waals surface area contributed by atoms with Crippen molar-refractivity contribution >= 4 is 21.6 Å². The molecule has 0 saturated carbocycles. The van der Waals surface area contributed by atoms with Gasteiger partial charge in [-0.3, -0.25) is 4.79 Å². The zero-order chi connectivity index (χ0) is 21.8. The number of nitrogens with zero attached hydrogens (tertiary/aromatic N) is 2. The second kappa shape index (κ2) is 9.00. The van der Waals surface area contributed by atoms with E-state index >= 15 is 0 Å². The Balaban J connectivity index is 2.40. The number of hydrogen-bond acceptors (Lipinski definition) is 5. The lowest BCUT2D eigenvalue weighted by molar-refractivity contribution is 0.101. The van der Waals surface area contributed by atoms with Crippen molar-refractivity contribution < 1.29 is 22.7 Å². The van der Waals surface area contributed by atoms with E-state index in [0.717, 1.165) is 6.07 Å². The molecule has 0 spiro atoms. The maximum atomic E-state index is 13.5. The van der Waals surface area contributed by atoms with Crippen LogP contribution in [0.5, 0.6) is 0 Å². The molecule has 0 radical (unpaired) electrons. The van der Waals surface area contributed by atoms with Crippen LogP contribution in [0.3, 0.4) is 0 Å². The summed E-state index contributed by atoms with van der Waals surface area (Å²) in [5.41, 5.74) is 0.217. The quantitative estimate of drug-likeness (QED) is 0.559. The van der Waals surface area contributed by atoms with Gasteiger partial charge in [0.15, 0.2) is 0 Å². The van der Waals surface area contributed by atoms with Crippen molar-refractivity contribution in [3.63, 3.8) is 0 Å². The van der Waals surface area contributed by atoms with Gasteiger partial charge in [-0.15, -0.1) is 6.58 Å². The molecule has 2 aromatic rings. The first kappa shape index (κ1) is 22.3. The standard InChI is InChI=1S/C19H21FN4O4S/c1-3-14(25)5-4-6-15-17(29(22,27)28)11-24(2)18(15)19(26)23-13-7-8-16(20)12(9-13)10-21/h3,7-9,11,14,25H,1,4-6H2,2H3,(H,23,26)(H2,22,27,28)/t14-/m1/s1. The molecule has 1 atom stereocenters. The second-order valence-electron chi connectivity index (χ2n) is 6.43. The number of amides is 1. The molecular weight excluding hydrogens is 399 g/mol. The van der Waals surface area contributed by atoms with Crippen LogP contribution in [0, 0.1) is 17.1 Å². The van der Waals surface area contributed by atoms with Crippen LogP contribution in [0.25, 0.3) is 0 Å². The Hall–Kier alpha value is -3.00. The smallest absolute Gasteiger partial charge is 0.272 e. The Kier molecular flexibility index (Phi) is 6.92. The summed E-state index contributed by atoms with van der Waals surface area (Å²) in [7, 11) is -2.59. The van der Waals surface area contributed by atoms with Crippen LogP contribution < -0.4 is 10.5 Å². The molecule has 0 aliphatic heterocycles. The average Bonchev–Trinajstić information content (AvgIpc) is 2.99. The predicted molar refractivity (Wildman–Crippen MR) is 105 cm³/mol. The molecule has 0 saturated heterocycles. The van der Waals surface area contributed by atoms with E-state index in [1.165, 1.54) is 36.0 Å². The highest BCUT2D eigenvalue weighted by atomic mass is 32.2. The number of aromatic nitrogens is 1. The molecular formula is C19H21FN4O4S. The lowest BCUT2D eigenvalue weighted by atomic mass is 10.1.